The van der Waals surface area contributed by atoms with Crippen LogP contribution in [0.3, 0.4) is 0 Å². The Balaban J connectivity index is 1.99. The molecule has 1 N–H and O–H groups in total. The lowest BCUT2D eigenvalue weighted by Gasteiger charge is -2.35. The summed E-state index contributed by atoms with van der Waals surface area (Å²) in [5, 5.41) is 3.23. The molecule has 2 saturated heterocycles. The summed E-state index contributed by atoms with van der Waals surface area (Å²) in [6.45, 7) is 12.2. The Morgan fingerprint density at radius 1 is 1.33 bits per heavy atom. The van der Waals surface area contributed by atoms with Crippen LogP contribution < -0.4 is 5.32 Å². The van der Waals surface area contributed by atoms with E-state index < -0.39 is 0 Å². The molecule has 2 aliphatic heterocycles. The van der Waals surface area contributed by atoms with Gasteiger partial charge in [0.15, 0.2) is 0 Å². The highest BCUT2D eigenvalue weighted by atomic mass is 16.2. The second-order valence-corrected chi connectivity index (χ2v) is 7.65. The van der Waals surface area contributed by atoms with Gasteiger partial charge >= 0.3 is 0 Å². The Morgan fingerprint density at radius 3 is 2.76 bits per heavy atom. The number of hydrogen-bond acceptors (Lipinski definition) is 3. The van der Waals surface area contributed by atoms with Gasteiger partial charge in [-0.3, -0.25) is 4.79 Å². The number of likely N-dealkylation sites (tertiary alicyclic amines) is 2. The van der Waals surface area contributed by atoms with Crippen LogP contribution in [-0.2, 0) is 4.79 Å². The third-order valence-corrected chi connectivity index (χ3v) is 5.30. The average Bonchev–Trinajstić information content (AvgIpc) is 2.58. The molecule has 2 rings (SSSR count). The van der Waals surface area contributed by atoms with Crippen molar-refractivity contribution in [2.45, 2.75) is 52.5 Å². The molecule has 2 fully saturated rings. The minimum atomic E-state index is -0.00614. The minimum Gasteiger partial charge on any atom is -0.341 e. The van der Waals surface area contributed by atoms with E-state index in [-0.39, 0.29) is 11.5 Å². The van der Waals surface area contributed by atoms with Crippen molar-refractivity contribution < 1.29 is 4.79 Å². The van der Waals surface area contributed by atoms with Crippen LogP contribution in [0.5, 0.6) is 0 Å². The monoisotopic (exact) mass is 295 g/mol. The van der Waals surface area contributed by atoms with E-state index in [4.69, 9.17) is 0 Å². The first kappa shape index (κ1) is 16.8. The highest BCUT2D eigenvalue weighted by Gasteiger charge is 2.35. The van der Waals surface area contributed by atoms with Crippen LogP contribution >= 0.6 is 0 Å². The number of hydrogen-bond donors (Lipinski definition) is 1. The van der Waals surface area contributed by atoms with Crippen LogP contribution in [-0.4, -0.2) is 61.5 Å². The molecule has 0 saturated carbocycles. The summed E-state index contributed by atoms with van der Waals surface area (Å²) in [6.07, 6.45) is 4.61. The number of nitrogens with one attached hydrogen (secondary N) is 1. The molecular formula is C17H33N3O. The number of carbonyl (C=O) groups excluding carboxylic acids is 1. The van der Waals surface area contributed by atoms with Crippen LogP contribution in [0.25, 0.3) is 0 Å². The number of nitrogens with zero attached hydrogens (tertiary/aromatic N) is 2. The molecule has 0 radical (unpaired) electrons. The molecule has 0 spiro atoms. The Morgan fingerprint density at radius 2 is 2.10 bits per heavy atom. The first-order valence-corrected chi connectivity index (χ1v) is 8.63. The maximum absolute atomic E-state index is 12.7. The van der Waals surface area contributed by atoms with Gasteiger partial charge in [0.05, 0.1) is 6.04 Å². The van der Waals surface area contributed by atoms with E-state index >= 15 is 0 Å². The molecule has 2 aliphatic rings. The van der Waals surface area contributed by atoms with Crippen molar-refractivity contribution >= 4 is 5.91 Å². The molecule has 4 nitrogen and oxygen atoms in total. The third-order valence-electron chi connectivity index (χ3n) is 5.30. The highest BCUT2D eigenvalue weighted by Crippen LogP contribution is 2.31. The summed E-state index contributed by atoms with van der Waals surface area (Å²) < 4.78 is 0. The van der Waals surface area contributed by atoms with Gasteiger partial charge in [-0.25, -0.2) is 0 Å². The van der Waals surface area contributed by atoms with E-state index in [2.05, 4.69) is 35.9 Å². The number of likely N-dealkylation sites (N-methyl/N-ethyl adjacent to an activating group) is 1. The second-order valence-electron chi connectivity index (χ2n) is 7.65. The molecule has 1 amide bonds. The van der Waals surface area contributed by atoms with Crippen LogP contribution in [0.4, 0.5) is 0 Å². The first-order chi connectivity index (χ1) is 9.95. The van der Waals surface area contributed by atoms with Gasteiger partial charge < -0.3 is 15.1 Å². The fourth-order valence-corrected chi connectivity index (χ4v) is 3.82. The summed E-state index contributed by atoms with van der Waals surface area (Å²) in [5.41, 5.74) is 0.250. The van der Waals surface area contributed by atoms with E-state index in [0.717, 1.165) is 39.0 Å². The van der Waals surface area contributed by atoms with Crippen molar-refractivity contribution in [3.05, 3.63) is 0 Å². The van der Waals surface area contributed by atoms with Crippen LogP contribution in [0.1, 0.15) is 46.5 Å². The van der Waals surface area contributed by atoms with Gasteiger partial charge in [-0.1, -0.05) is 20.8 Å². The van der Waals surface area contributed by atoms with E-state index in [1.807, 2.05) is 7.05 Å². The minimum absolute atomic E-state index is 0.00614. The zero-order valence-electron chi connectivity index (χ0n) is 14.3. The van der Waals surface area contributed by atoms with Gasteiger partial charge in [0.25, 0.3) is 0 Å². The predicted octanol–water partition coefficient (Wildman–Crippen LogP) is 1.95. The average molecular weight is 295 g/mol. The highest BCUT2D eigenvalue weighted by molar-refractivity contribution is 5.82. The van der Waals surface area contributed by atoms with Gasteiger partial charge in [-0.15, -0.1) is 0 Å². The van der Waals surface area contributed by atoms with Crippen LogP contribution in [0.15, 0.2) is 0 Å². The first-order valence-electron chi connectivity index (χ1n) is 8.63. The Labute approximate surface area is 130 Å². The van der Waals surface area contributed by atoms with E-state index in [1.165, 1.54) is 19.4 Å². The SMILES string of the molecule is CCN1CCCC(CN2CCC(C)(C)CC(NC)C2=O)C1. The van der Waals surface area contributed by atoms with E-state index in [9.17, 15) is 4.79 Å². The van der Waals surface area contributed by atoms with Gasteiger partial charge in [-0.2, -0.15) is 0 Å². The lowest BCUT2D eigenvalue weighted by molar-refractivity contribution is -0.133. The molecule has 122 valence electrons. The summed E-state index contributed by atoms with van der Waals surface area (Å²) in [5.74, 6) is 0.970. The molecule has 0 bridgehead atoms. The topological polar surface area (TPSA) is 35.6 Å². The largest absolute Gasteiger partial charge is 0.341 e. The standard InChI is InChI=1S/C17H33N3O/c1-5-19-9-6-7-14(12-19)13-20-10-8-17(2,3)11-15(18-4)16(20)21/h14-15,18H,5-13H2,1-4H3. The normalized spacial score (nSPS) is 31.2. The summed E-state index contributed by atoms with van der Waals surface area (Å²) >= 11 is 0. The molecule has 4 heteroatoms. The van der Waals surface area contributed by atoms with Crippen molar-refractivity contribution in [3.8, 4) is 0 Å². The lowest BCUT2D eigenvalue weighted by Crippen LogP contribution is -2.48. The molecule has 2 heterocycles. The molecular weight excluding hydrogens is 262 g/mol. The molecule has 2 unspecified atom stereocenters. The van der Waals surface area contributed by atoms with Crippen molar-refractivity contribution in [1.29, 1.82) is 0 Å². The van der Waals surface area contributed by atoms with Gasteiger partial charge in [0, 0.05) is 19.6 Å². The molecule has 0 aromatic heterocycles. The molecule has 0 aliphatic carbocycles. The van der Waals surface area contributed by atoms with Crippen molar-refractivity contribution in [1.82, 2.24) is 15.1 Å². The Hall–Kier alpha value is -0.610. The molecule has 0 aromatic carbocycles. The van der Waals surface area contributed by atoms with Crippen LogP contribution in [0, 0.1) is 11.3 Å². The van der Waals surface area contributed by atoms with Gasteiger partial charge in [0.1, 0.15) is 0 Å². The fourth-order valence-electron chi connectivity index (χ4n) is 3.82. The van der Waals surface area contributed by atoms with Gasteiger partial charge in [0.2, 0.25) is 5.91 Å². The number of amides is 1. The number of carbonyl (C=O) groups is 1. The van der Waals surface area contributed by atoms with Crippen molar-refractivity contribution in [2.24, 2.45) is 11.3 Å². The third kappa shape index (κ3) is 4.43. The maximum atomic E-state index is 12.7. The summed E-state index contributed by atoms with van der Waals surface area (Å²) in [6, 6.07) is -0.00614. The van der Waals surface area contributed by atoms with Crippen molar-refractivity contribution in [3.63, 3.8) is 0 Å². The number of piperidine rings is 1. The smallest absolute Gasteiger partial charge is 0.239 e. The molecule has 2 atom stereocenters. The molecule has 21 heavy (non-hydrogen) atoms. The van der Waals surface area contributed by atoms with Crippen molar-refractivity contribution in [2.75, 3.05) is 39.8 Å². The Bertz CT molecular complexity index is 356. The predicted molar refractivity (Wildman–Crippen MR) is 87.3 cm³/mol. The summed E-state index contributed by atoms with van der Waals surface area (Å²) in [7, 11) is 1.92. The van der Waals surface area contributed by atoms with Crippen LogP contribution in [0.2, 0.25) is 0 Å². The van der Waals surface area contributed by atoms with Gasteiger partial charge in [-0.05, 0) is 57.2 Å². The molecule has 0 aromatic rings. The zero-order chi connectivity index (χ0) is 15.5. The zero-order valence-corrected chi connectivity index (χ0v) is 14.3. The summed E-state index contributed by atoms with van der Waals surface area (Å²) in [4.78, 5) is 17.4. The quantitative estimate of drug-likeness (QED) is 0.861. The second kappa shape index (κ2) is 7.10. The fraction of sp³-hybridized carbons (Fsp3) is 0.941. The lowest BCUT2D eigenvalue weighted by atomic mass is 9.83. The van der Waals surface area contributed by atoms with E-state index in [1.54, 1.807) is 0 Å². The maximum Gasteiger partial charge on any atom is 0.239 e. The Kier molecular flexibility index (Phi) is 5.67. The number of rotatable bonds is 4. The van der Waals surface area contributed by atoms with E-state index in [0.29, 0.717) is 11.8 Å².